The van der Waals surface area contributed by atoms with Gasteiger partial charge in [0.15, 0.2) is 0 Å². The number of likely N-dealkylation sites (N-methyl/N-ethyl adjacent to an activating group) is 1. The Morgan fingerprint density at radius 3 is 2.67 bits per heavy atom. The Hall–Kier alpha value is -1.55. The minimum Gasteiger partial charge on any atom is -0.492 e. The Balaban J connectivity index is 2.28. The van der Waals surface area contributed by atoms with Crippen LogP contribution in [0.25, 0.3) is 0 Å². The minimum atomic E-state index is -0.0169. The summed E-state index contributed by atoms with van der Waals surface area (Å²) in [6.07, 6.45) is 0.725. The van der Waals surface area contributed by atoms with Crippen molar-refractivity contribution < 1.29 is 9.53 Å². The number of nitrogens with two attached hydrogens (primary N) is 1. The minimum absolute atomic E-state index is 0.0169. The molecule has 2 N–H and O–H groups in total. The zero-order valence-electron chi connectivity index (χ0n) is 11.1. The van der Waals surface area contributed by atoms with E-state index >= 15 is 0 Å². The first-order valence-corrected chi connectivity index (χ1v) is 6.28. The molecule has 0 radical (unpaired) electrons. The summed E-state index contributed by atoms with van der Waals surface area (Å²) in [6, 6.07) is 9.59. The second kappa shape index (κ2) is 7.71. The highest BCUT2D eigenvalue weighted by atomic mass is 16.5. The van der Waals surface area contributed by atoms with Crippen LogP contribution < -0.4 is 10.5 Å². The molecular weight excluding hydrogens is 228 g/mol. The average Bonchev–Trinajstić information content (AvgIpc) is 2.39. The summed E-state index contributed by atoms with van der Waals surface area (Å²) in [5.74, 6) is 0.933. The monoisotopic (exact) mass is 250 g/mol. The molecule has 0 fully saturated rings. The average molecular weight is 250 g/mol. The van der Waals surface area contributed by atoms with Crippen LogP contribution in [0.4, 0.5) is 0 Å². The van der Waals surface area contributed by atoms with Crippen LogP contribution in [0.3, 0.4) is 0 Å². The third-order valence-corrected chi connectivity index (χ3v) is 2.84. The van der Waals surface area contributed by atoms with Crippen molar-refractivity contribution in [1.82, 2.24) is 4.90 Å². The van der Waals surface area contributed by atoms with Gasteiger partial charge in [-0.15, -0.1) is 0 Å². The fourth-order valence-corrected chi connectivity index (χ4v) is 1.68. The third kappa shape index (κ3) is 4.75. The first kappa shape index (κ1) is 14.5. The van der Waals surface area contributed by atoms with Gasteiger partial charge in [-0.2, -0.15) is 0 Å². The number of carbonyl (C=O) groups excluding carboxylic acids is 1. The third-order valence-electron chi connectivity index (χ3n) is 2.84. The van der Waals surface area contributed by atoms with Crippen LogP contribution >= 0.6 is 0 Å². The largest absolute Gasteiger partial charge is 0.492 e. The van der Waals surface area contributed by atoms with Crippen molar-refractivity contribution in [1.29, 1.82) is 0 Å². The van der Waals surface area contributed by atoms with Gasteiger partial charge in [-0.3, -0.25) is 4.79 Å². The van der Waals surface area contributed by atoms with Gasteiger partial charge >= 0.3 is 0 Å². The lowest BCUT2D eigenvalue weighted by Crippen LogP contribution is -2.35. The lowest BCUT2D eigenvalue weighted by molar-refractivity contribution is -0.134. The maximum absolute atomic E-state index is 11.9. The van der Waals surface area contributed by atoms with E-state index in [2.05, 4.69) is 0 Å². The van der Waals surface area contributed by atoms with Crippen molar-refractivity contribution in [2.75, 3.05) is 26.7 Å². The highest BCUT2D eigenvalue weighted by Crippen LogP contribution is 2.09. The van der Waals surface area contributed by atoms with Crippen LogP contribution in [0.15, 0.2) is 30.3 Å². The van der Waals surface area contributed by atoms with Crippen molar-refractivity contribution in [2.24, 2.45) is 11.7 Å². The molecule has 0 aliphatic carbocycles. The topological polar surface area (TPSA) is 55.6 Å². The number of rotatable bonds is 7. The number of carbonyl (C=O) groups is 1. The lowest BCUT2D eigenvalue weighted by atomic mass is 10.1. The quantitative estimate of drug-likeness (QED) is 0.798. The van der Waals surface area contributed by atoms with E-state index in [1.54, 1.807) is 11.9 Å². The Kier molecular flexibility index (Phi) is 6.22. The molecule has 0 heterocycles. The lowest BCUT2D eigenvalue weighted by Gasteiger charge is -2.21. The summed E-state index contributed by atoms with van der Waals surface area (Å²) >= 11 is 0. The Bertz CT molecular complexity index is 354. The Morgan fingerprint density at radius 1 is 1.39 bits per heavy atom. The summed E-state index contributed by atoms with van der Waals surface area (Å²) in [7, 11) is 1.80. The Morgan fingerprint density at radius 2 is 2.06 bits per heavy atom. The van der Waals surface area contributed by atoms with Gasteiger partial charge in [0.1, 0.15) is 12.4 Å². The van der Waals surface area contributed by atoms with Gasteiger partial charge in [0.2, 0.25) is 5.91 Å². The molecule has 0 aromatic heterocycles. The number of ether oxygens (including phenoxy) is 1. The van der Waals surface area contributed by atoms with Crippen molar-refractivity contribution in [2.45, 2.75) is 13.3 Å². The summed E-state index contributed by atoms with van der Waals surface area (Å²) in [5.41, 5.74) is 5.45. The van der Waals surface area contributed by atoms with Gasteiger partial charge in [0, 0.05) is 13.0 Å². The van der Waals surface area contributed by atoms with Gasteiger partial charge in [-0.1, -0.05) is 25.1 Å². The molecule has 0 saturated carbocycles. The maximum atomic E-state index is 11.9. The van der Waals surface area contributed by atoms with Gasteiger partial charge in [-0.25, -0.2) is 0 Å². The van der Waals surface area contributed by atoms with Crippen molar-refractivity contribution in [3.8, 4) is 5.75 Å². The van der Waals surface area contributed by atoms with Gasteiger partial charge in [0.25, 0.3) is 0 Å². The van der Waals surface area contributed by atoms with Gasteiger partial charge in [-0.05, 0) is 25.1 Å². The predicted molar refractivity (Wildman–Crippen MR) is 72.4 cm³/mol. The molecule has 1 amide bonds. The summed E-state index contributed by atoms with van der Waals surface area (Å²) in [4.78, 5) is 13.6. The maximum Gasteiger partial charge on any atom is 0.225 e. The number of amides is 1. The van der Waals surface area contributed by atoms with Crippen LogP contribution in [0, 0.1) is 5.92 Å². The van der Waals surface area contributed by atoms with E-state index in [4.69, 9.17) is 10.5 Å². The first-order valence-electron chi connectivity index (χ1n) is 6.28. The van der Waals surface area contributed by atoms with E-state index in [0.29, 0.717) is 19.7 Å². The normalized spacial score (nSPS) is 11.9. The first-order chi connectivity index (χ1) is 8.65. The number of nitrogens with zero attached hydrogens (tertiary/aromatic N) is 1. The highest BCUT2D eigenvalue weighted by Gasteiger charge is 2.16. The fourth-order valence-electron chi connectivity index (χ4n) is 1.68. The van der Waals surface area contributed by atoms with Crippen LogP contribution in [-0.4, -0.2) is 37.6 Å². The molecule has 1 atom stereocenters. The van der Waals surface area contributed by atoms with Crippen molar-refractivity contribution in [3.05, 3.63) is 30.3 Å². The number of hydrogen-bond donors (Lipinski definition) is 1. The van der Waals surface area contributed by atoms with E-state index in [1.807, 2.05) is 37.3 Å². The molecule has 4 nitrogen and oxygen atoms in total. The van der Waals surface area contributed by atoms with Crippen LogP contribution in [0.5, 0.6) is 5.75 Å². The molecule has 0 aliphatic rings. The summed E-state index contributed by atoms with van der Waals surface area (Å²) < 4.78 is 5.55. The van der Waals surface area contributed by atoms with E-state index in [-0.39, 0.29) is 11.8 Å². The fraction of sp³-hybridized carbons (Fsp3) is 0.500. The second-order valence-electron chi connectivity index (χ2n) is 4.40. The molecule has 0 saturated heterocycles. The molecule has 0 bridgehead atoms. The highest BCUT2D eigenvalue weighted by molar-refractivity contribution is 5.78. The second-order valence-corrected chi connectivity index (χ2v) is 4.40. The molecule has 0 spiro atoms. The number of hydrogen-bond acceptors (Lipinski definition) is 3. The zero-order valence-corrected chi connectivity index (χ0v) is 11.1. The SMILES string of the molecule is CC(CCN)C(=O)N(C)CCOc1ccccc1. The molecule has 1 aromatic carbocycles. The predicted octanol–water partition coefficient (Wildman–Crippen LogP) is 1.51. The van der Waals surface area contributed by atoms with Crippen LogP contribution in [0.2, 0.25) is 0 Å². The number of benzene rings is 1. The van der Waals surface area contributed by atoms with E-state index in [9.17, 15) is 4.79 Å². The van der Waals surface area contributed by atoms with E-state index < -0.39 is 0 Å². The van der Waals surface area contributed by atoms with E-state index in [0.717, 1.165) is 12.2 Å². The molecule has 1 aromatic rings. The Labute approximate surface area is 109 Å². The molecule has 1 rings (SSSR count). The van der Waals surface area contributed by atoms with Gasteiger partial charge < -0.3 is 15.4 Å². The van der Waals surface area contributed by atoms with E-state index in [1.165, 1.54) is 0 Å². The molecule has 100 valence electrons. The zero-order chi connectivity index (χ0) is 13.4. The van der Waals surface area contributed by atoms with Crippen molar-refractivity contribution >= 4 is 5.91 Å². The van der Waals surface area contributed by atoms with Crippen LogP contribution in [0.1, 0.15) is 13.3 Å². The number of para-hydroxylation sites is 1. The summed E-state index contributed by atoms with van der Waals surface area (Å²) in [5, 5.41) is 0. The molecule has 1 unspecified atom stereocenters. The van der Waals surface area contributed by atoms with Crippen molar-refractivity contribution in [3.63, 3.8) is 0 Å². The molecular formula is C14H22N2O2. The summed E-state index contributed by atoms with van der Waals surface area (Å²) in [6.45, 7) is 3.54. The molecule has 4 heteroatoms. The standard InChI is InChI=1S/C14H22N2O2/c1-12(8-9-15)14(17)16(2)10-11-18-13-6-4-3-5-7-13/h3-7,12H,8-11,15H2,1-2H3. The van der Waals surface area contributed by atoms with Crippen LogP contribution in [-0.2, 0) is 4.79 Å². The molecule has 0 aliphatic heterocycles. The molecule has 18 heavy (non-hydrogen) atoms. The van der Waals surface area contributed by atoms with Gasteiger partial charge in [0.05, 0.1) is 6.54 Å². The smallest absolute Gasteiger partial charge is 0.225 e.